The van der Waals surface area contributed by atoms with Gasteiger partial charge in [-0.25, -0.2) is 0 Å². The summed E-state index contributed by atoms with van der Waals surface area (Å²) in [7, 11) is 0. The number of hydrogen-bond donors (Lipinski definition) is 2. The number of pyridine rings is 1. The Kier molecular flexibility index (Phi) is 4.22. The molecule has 2 N–H and O–H groups in total. The minimum Gasteiger partial charge on any atom is -0.326 e. The number of nitrogens with zero attached hydrogens (tertiary/aromatic N) is 1. The van der Waals surface area contributed by atoms with Crippen molar-refractivity contribution in [3.63, 3.8) is 0 Å². The van der Waals surface area contributed by atoms with Crippen molar-refractivity contribution in [3.05, 3.63) is 33.7 Å². The maximum Gasteiger partial charge on any atom is 0.248 e. The van der Waals surface area contributed by atoms with Gasteiger partial charge in [0.1, 0.15) is 0 Å². The third kappa shape index (κ3) is 2.96. The number of piperidine rings is 1. The lowest BCUT2D eigenvalue weighted by atomic mass is 9.90. The second kappa shape index (κ2) is 6.10. The number of fused-ring (bicyclic) bond motifs is 1. The third-order valence-corrected chi connectivity index (χ3v) is 4.80. The zero-order chi connectivity index (χ0) is 13.9. The van der Waals surface area contributed by atoms with Crippen molar-refractivity contribution < 1.29 is 0 Å². The van der Waals surface area contributed by atoms with E-state index in [1.165, 1.54) is 50.9 Å². The van der Waals surface area contributed by atoms with Gasteiger partial charge in [0.25, 0.3) is 0 Å². The minimum atomic E-state index is 0.0284. The Morgan fingerprint density at radius 1 is 1.30 bits per heavy atom. The predicted octanol–water partition coefficient (Wildman–Crippen LogP) is 1.83. The van der Waals surface area contributed by atoms with Gasteiger partial charge in [0.05, 0.1) is 0 Å². The number of likely N-dealkylation sites (tertiary alicyclic amines) is 1. The topological polar surface area (TPSA) is 48.1 Å². The Morgan fingerprint density at radius 3 is 2.85 bits per heavy atom. The molecule has 0 saturated carbocycles. The zero-order valence-electron chi connectivity index (χ0n) is 12.3. The first-order chi connectivity index (χ1) is 9.76. The second-order valence-corrected chi connectivity index (χ2v) is 6.08. The smallest absolute Gasteiger partial charge is 0.248 e. The molecule has 4 nitrogen and oxygen atoms in total. The highest BCUT2D eigenvalue weighted by atomic mass is 16.1. The number of aryl methyl sites for hydroxylation is 1. The normalized spacial score (nSPS) is 24.6. The molecule has 0 spiro atoms. The Balaban J connectivity index is 1.66. The van der Waals surface area contributed by atoms with Crippen LogP contribution in [0.15, 0.2) is 16.9 Å². The van der Waals surface area contributed by atoms with E-state index < -0.39 is 0 Å². The van der Waals surface area contributed by atoms with Crippen molar-refractivity contribution in [2.24, 2.45) is 0 Å². The van der Waals surface area contributed by atoms with Crippen LogP contribution in [0.1, 0.15) is 49.9 Å². The van der Waals surface area contributed by atoms with E-state index >= 15 is 0 Å². The van der Waals surface area contributed by atoms with Crippen molar-refractivity contribution in [3.8, 4) is 0 Å². The standard InChI is InChI=1S/C16H25N3O/c1-2-19-10-8-12(9-11-19)17-14-4-3-5-15-13(14)6-7-16(20)18-15/h6-7,12,14,17H,2-5,8-11H2,1H3,(H,18,20). The van der Waals surface area contributed by atoms with Gasteiger partial charge >= 0.3 is 0 Å². The van der Waals surface area contributed by atoms with Gasteiger partial charge in [-0.15, -0.1) is 0 Å². The summed E-state index contributed by atoms with van der Waals surface area (Å²) in [6.45, 7) is 5.82. The molecule has 3 rings (SSSR count). The number of H-pyrrole nitrogens is 1. The summed E-state index contributed by atoms with van der Waals surface area (Å²) < 4.78 is 0. The molecule has 1 fully saturated rings. The number of aromatic amines is 1. The van der Waals surface area contributed by atoms with Crippen molar-refractivity contribution >= 4 is 0 Å². The summed E-state index contributed by atoms with van der Waals surface area (Å²) in [5.41, 5.74) is 2.49. The summed E-state index contributed by atoms with van der Waals surface area (Å²) in [5.74, 6) is 0. The van der Waals surface area contributed by atoms with E-state index in [-0.39, 0.29) is 5.56 Å². The van der Waals surface area contributed by atoms with Gasteiger partial charge < -0.3 is 15.2 Å². The average Bonchev–Trinajstić information content (AvgIpc) is 2.48. The molecule has 1 saturated heterocycles. The Bertz CT molecular complexity index is 503. The maximum atomic E-state index is 11.4. The van der Waals surface area contributed by atoms with Crippen LogP contribution < -0.4 is 10.9 Å². The van der Waals surface area contributed by atoms with Gasteiger partial charge in [-0.05, 0) is 57.3 Å². The first-order valence-corrected chi connectivity index (χ1v) is 7.96. The maximum absolute atomic E-state index is 11.4. The molecule has 2 aliphatic rings. The van der Waals surface area contributed by atoms with E-state index in [1.54, 1.807) is 6.07 Å². The van der Waals surface area contributed by atoms with Crippen LogP contribution in [-0.2, 0) is 6.42 Å². The van der Waals surface area contributed by atoms with Crippen LogP contribution >= 0.6 is 0 Å². The highest BCUT2D eigenvalue weighted by Gasteiger charge is 2.25. The summed E-state index contributed by atoms with van der Waals surface area (Å²) in [6, 6.07) is 4.74. The molecule has 0 amide bonds. The molecule has 1 aliphatic carbocycles. The van der Waals surface area contributed by atoms with Crippen LogP contribution in [0.5, 0.6) is 0 Å². The highest BCUT2D eigenvalue weighted by molar-refractivity contribution is 5.26. The first-order valence-electron chi connectivity index (χ1n) is 7.96. The quantitative estimate of drug-likeness (QED) is 0.885. The fraction of sp³-hybridized carbons (Fsp3) is 0.688. The van der Waals surface area contributed by atoms with E-state index in [1.807, 2.05) is 6.07 Å². The van der Waals surface area contributed by atoms with Gasteiger partial charge in [-0.2, -0.15) is 0 Å². The Hall–Kier alpha value is -1.13. The number of aromatic nitrogens is 1. The van der Waals surface area contributed by atoms with E-state index in [2.05, 4.69) is 22.1 Å². The highest BCUT2D eigenvalue weighted by Crippen LogP contribution is 2.29. The molecule has 0 aromatic carbocycles. The first kappa shape index (κ1) is 13.8. The van der Waals surface area contributed by atoms with Crippen LogP contribution in [0.2, 0.25) is 0 Å². The third-order valence-electron chi connectivity index (χ3n) is 4.80. The zero-order valence-corrected chi connectivity index (χ0v) is 12.3. The SMILES string of the molecule is CCN1CCC(NC2CCCc3[nH]c(=O)ccc32)CC1. The molecule has 1 aromatic rings. The van der Waals surface area contributed by atoms with Gasteiger partial charge in [0, 0.05) is 23.8 Å². The molecule has 4 heteroatoms. The summed E-state index contributed by atoms with van der Waals surface area (Å²) in [6.07, 6.45) is 5.84. The van der Waals surface area contributed by atoms with Gasteiger partial charge in [0.15, 0.2) is 0 Å². The number of hydrogen-bond acceptors (Lipinski definition) is 3. The molecule has 110 valence electrons. The molecule has 1 aliphatic heterocycles. The summed E-state index contributed by atoms with van der Waals surface area (Å²) in [4.78, 5) is 17.0. The van der Waals surface area contributed by atoms with Crippen molar-refractivity contribution in [1.29, 1.82) is 0 Å². The second-order valence-electron chi connectivity index (χ2n) is 6.08. The minimum absolute atomic E-state index is 0.0284. The molecular weight excluding hydrogens is 250 g/mol. The van der Waals surface area contributed by atoms with E-state index in [0.29, 0.717) is 12.1 Å². The van der Waals surface area contributed by atoms with Crippen LogP contribution in [0, 0.1) is 0 Å². The van der Waals surface area contributed by atoms with Crippen LogP contribution in [0.4, 0.5) is 0 Å². The average molecular weight is 275 g/mol. The Labute approximate surface area is 120 Å². The molecule has 2 heterocycles. The molecule has 0 bridgehead atoms. The van der Waals surface area contributed by atoms with Crippen LogP contribution in [0.3, 0.4) is 0 Å². The molecule has 20 heavy (non-hydrogen) atoms. The van der Waals surface area contributed by atoms with E-state index in [0.717, 1.165) is 12.1 Å². The molecular formula is C16H25N3O. The lowest BCUT2D eigenvalue weighted by Gasteiger charge is -2.35. The predicted molar refractivity (Wildman–Crippen MR) is 81.0 cm³/mol. The summed E-state index contributed by atoms with van der Waals surface area (Å²) >= 11 is 0. The Morgan fingerprint density at radius 2 is 2.10 bits per heavy atom. The van der Waals surface area contributed by atoms with Crippen LogP contribution in [-0.4, -0.2) is 35.6 Å². The van der Waals surface area contributed by atoms with Crippen LogP contribution in [0.25, 0.3) is 0 Å². The van der Waals surface area contributed by atoms with Crippen molar-refractivity contribution in [2.75, 3.05) is 19.6 Å². The lowest BCUT2D eigenvalue weighted by molar-refractivity contribution is 0.195. The fourth-order valence-electron chi connectivity index (χ4n) is 3.57. The number of rotatable bonds is 3. The molecule has 1 unspecified atom stereocenters. The van der Waals surface area contributed by atoms with Gasteiger partial charge in [-0.3, -0.25) is 4.79 Å². The van der Waals surface area contributed by atoms with Gasteiger partial charge in [-0.1, -0.05) is 13.0 Å². The lowest BCUT2D eigenvalue weighted by Crippen LogP contribution is -2.44. The fourth-order valence-corrected chi connectivity index (χ4v) is 3.57. The van der Waals surface area contributed by atoms with E-state index in [9.17, 15) is 4.79 Å². The van der Waals surface area contributed by atoms with Gasteiger partial charge in [0.2, 0.25) is 5.56 Å². The summed E-state index contributed by atoms with van der Waals surface area (Å²) in [5, 5.41) is 3.83. The van der Waals surface area contributed by atoms with Crippen molar-refractivity contribution in [1.82, 2.24) is 15.2 Å². The molecule has 1 atom stereocenters. The molecule has 0 radical (unpaired) electrons. The van der Waals surface area contributed by atoms with Crippen molar-refractivity contribution in [2.45, 2.75) is 51.1 Å². The molecule has 1 aromatic heterocycles. The largest absolute Gasteiger partial charge is 0.326 e. The number of nitrogens with one attached hydrogen (secondary N) is 2. The van der Waals surface area contributed by atoms with E-state index in [4.69, 9.17) is 0 Å². The monoisotopic (exact) mass is 275 g/mol.